The lowest BCUT2D eigenvalue weighted by atomic mass is 9.67. The first-order chi connectivity index (χ1) is 7.96. The van der Waals surface area contributed by atoms with Gasteiger partial charge in [0.05, 0.1) is 11.5 Å². The molecule has 2 saturated carbocycles. The van der Waals surface area contributed by atoms with Gasteiger partial charge >= 0.3 is 5.97 Å². The molecule has 2 aliphatic carbocycles. The van der Waals surface area contributed by atoms with E-state index in [1.54, 1.807) is 0 Å². The zero-order valence-electron chi connectivity index (χ0n) is 10.9. The smallest absolute Gasteiger partial charge is 0.306 e. The minimum absolute atomic E-state index is 0.179. The van der Waals surface area contributed by atoms with Crippen molar-refractivity contribution < 1.29 is 15.0 Å². The lowest BCUT2D eigenvalue weighted by Crippen LogP contribution is -2.47. The van der Waals surface area contributed by atoms with Crippen molar-refractivity contribution in [1.82, 2.24) is 0 Å². The van der Waals surface area contributed by atoms with Gasteiger partial charge in [-0.25, -0.2) is 0 Å². The summed E-state index contributed by atoms with van der Waals surface area (Å²) in [6, 6.07) is 0. The van der Waals surface area contributed by atoms with Crippen LogP contribution in [0, 0.1) is 23.7 Å². The van der Waals surface area contributed by atoms with E-state index in [0.29, 0.717) is 11.8 Å². The van der Waals surface area contributed by atoms with Crippen molar-refractivity contribution >= 4 is 5.97 Å². The van der Waals surface area contributed by atoms with E-state index < -0.39 is 11.6 Å². The Kier molecular flexibility index (Phi) is 3.48. The molecule has 0 spiro atoms. The standard InChI is InChI=1S/C14H24O3/c1-9(2)14(17,12-7-8-12)11-5-3-10(4-6-11)13(15)16/h9-12,17H,3-8H2,1-2H3,(H,15,16). The number of rotatable bonds is 4. The Morgan fingerprint density at radius 2 is 1.47 bits per heavy atom. The van der Waals surface area contributed by atoms with Crippen LogP contribution in [-0.2, 0) is 4.79 Å². The maximum absolute atomic E-state index is 10.9. The summed E-state index contributed by atoms with van der Waals surface area (Å²) in [5, 5.41) is 19.9. The Bertz CT molecular complexity index is 284. The van der Waals surface area contributed by atoms with Gasteiger partial charge in [0.1, 0.15) is 0 Å². The highest BCUT2D eigenvalue weighted by atomic mass is 16.4. The first-order valence-electron chi connectivity index (χ1n) is 6.91. The molecule has 2 fully saturated rings. The third-order valence-corrected chi connectivity index (χ3v) is 4.89. The Morgan fingerprint density at radius 1 is 1.06 bits per heavy atom. The maximum Gasteiger partial charge on any atom is 0.306 e. The van der Waals surface area contributed by atoms with Gasteiger partial charge in [-0.1, -0.05) is 13.8 Å². The molecular weight excluding hydrogens is 216 g/mol. The Labute approximate surface area is 103 Å². The molecule has 2 aliphatic rings. The molecule has 98 valence electrons. The highest BCUT2D eigenvalue weighted by Crippen LogP contribution is 2.51. The highest BCUT2D eigenvalue weighted by Gasteiger charge is 2.51. The first kappa shape index (κ1) is 12.9. The van der Waals surface area contributed by atoms with Crippen molar-refractivity contribution in [2.75, 3.05) is 0 Å². The Balaban J connectivity index is 2.01. The van der Waals surface area contributed by atoms with Crippen LogP contribution in [0.1, 0.15) is 52.4 Å². The normalized spacial score (nSPS) is 33.4. The summed E-state index contributed by atoms with van der Waals surface area (Å²) in [5.74, 6) is 0.214. The van der Waals surface area contributed by atoms with Crippen LogP contribution in [0.4, 0.5) is 0 Å². The summed E-state index contributed by atoms with van der Waals surface area (Å²) >= 11 is 0. The number of carboxylic acid groups (broad SMARTS) is 1. The summed E-state index contributed by atoms with van der Waals surface area (Å²) in [6.45, 7) is 4.20. The quantitative estimate of drug-likeness (QED) is 0.794. The second-order valence-electron chi connectivity index (χ2n) is 6.20. The number of carbonyl (C=O) groups is 1. The van der Waals surface area contributed by atoms with Gasteiger partial charge in [-0.15, -0.1) is 0 Å². The molecule has 0 aromatic carbocycles. The van der Waals surface area contributed by atoms with Crippen LogP contribution < -0.4 is 0 Å². The van der Waals surface area contributed by atoms with Crippen LogP contribution in [0.15, 0.2) is 0 Å². The molecule has 0 aromatic rings. The molecule has 2 N–H and O–H groups in total. The molecule has 0 aromatic heterocycles. The van der Waals surface area contributed by atoms with Gasteiger partial charge in [0.25, 0.3) is 0 Å². The number of hydrogen-bond acceptors (Lipinski definition) is 2. The Hall–Kier alpha value is -0.570. The molecule has 0 amide bonds. The number of carboxylic acids is 1. The summed E-state index contributed by atoms with van der Waals surface area (Å²) in [7, 11) is 0. The fourth-order valence-corrected chi connectivity index (χ4v) is 3.62. The van der Waals surface area contributed by atoms with E-state index in [1.807, 2.05) is 0 Å². The maximum atomic E-state index is 10.9. The molecule has 1 unspecified atom stereocenters. The van der Waals surface area contributed by atoms with Gasteiger partial charge < -0.3 is 10.2 Å². The van der Waals surface area contributed by atoms with E-state index in [-0.39, 0.29) is 11.8 Å². The molecule has 1 atom stereocenters. The van der Waals surface area contributed by atoms with E-state index in [9.17, 15) is 9.90 Å². The third kappa shape index (κ3) is 2.35. The minimum Gasteiger partial charge on any atom is -0.481 e. The third-order valence-electron chi connectivity index (χ3n) is 4.89. The summed E-state index contributed by atoms with van der Waals surface area (Å²) in [4.78, 5) is 10.9. The van der Waals surface area contributed by atoms with Gasteiger partial charge in [0, 0.05) is 0 Å². The fraction of sp³-hybridized carbons (Fsp3) is 0.929. The van der Waals surface area contributed by atoms with Gasteiger partial charge in [0.2, 0.25) is 0 Å². The average Bonchev–Trinajstić information content (AvgIpc) is 3.12. The van der Waals surface area contributed by atoms with E-state index in [1.165, 1.54) is 0 Å². The van der Waals surface area contributed by atoms with Gasteiger partial charge in [-0.3, -0.25) is 4.79 Å². The second-order valence-corrected chi connectivity index (χ2v) is 6.20. The molecule has 17 heavy (non-hydrogen) atoms. The monoisotopic (exact) mass is 240 g/mol. The first-order valence-corrected chi connectivity index (χ1v) is 6.91. The van der Waals surface area contributed by atoms with Gasteiger partial charge in [-0.2, -0.15) is 0 Å². The predicted molar refractivity (Wildman–Crippen MR) is 65.6 cm³/mol. The molecule has 3 nitrogen and oxygen atoms in total. The van der Waals surface area contributed by atoms with Crippen LogP contribution in [0.5, 0.6) is 0 Å². The SMILES string of the molecule is CC(C)C(O)(C1CCC(C(=O)O)CC1)C1CC1. The number of aliphatic hydroxyl groups is 1. The average molecular weight is 240 g/mol. The van der Waals surface area contributed by atoms with E-state index in [4.69, 9.17) is 5.11 Å². The Morgan fingerprint density at radius 3 is 1.76 bits per heavy atom. The predicted octanol–water partition coefficient (Wildman–Crippen LogP) is 2.67. The van der Waals surface area contributed by atoms with Crippen LogP contribution in [-0.4, -0.2) is 21.8 Å². The summed E-state index contributed by atoms with van der Waals surface area (Å²) in [5.41, 5.74) is -0.538. The largest absolute Gasteiger partial charge is 0.481 e. The number of hydrogen-bond donors (Lipinski definition) is 2. The van der Waals surface area contributed by atoms with Crippen molar-refractivity contribution in [1.29, 1.82) is 0 Å². The topological polar surface area (TPSA) is 57.5 Å². The van der Waals surface area contributed by atoms with Crippen molar-refractivity contribution in [3.63, 3.8) is 0 Å². The van der Waals surface area contributed by atoms with Crippen LogP contribution in [0.3, 0.4) is 0 Å². The molecule has 0 radical (unpaired) electrons. The molecule has 0 aliphatic heterocycles. The van der Waals surface area contributed by atoms with E-state index >= 15 is 0 Å². The zero-order chi connectivity index (χ0) is 12.6. The van der Waals surface area contributed by atoms with Crippen molar-refractivity contribution in [2.45, 2.75) is 58.0 Å². The van der Waals surface area contributed by atoms with Crippen molar-refractivity contribution in [3.8, 4) is 0 Å². The van der Waals surface area contributed by atoms with Crippen molar-refractivity contribution in [3.05, 3.63) is 0 Å². The van der Waals surface area contributed by atoms with E-state index in [0.717, 1.165) is 38.5 Å². The molecule has 3 heteroatoms. The molecule has 2 rings (SSSR count). The van der Waals surface area contributed by atoms with Gasteiger partial charge in [-0.05, 0) is 56.3 Å². The molecule has 0 saturated heterocycles. The lowest BCUT2D eigenvalue weighted by molar-refractivity contribution is -0.145. The van der Waals surface area contributed by atoms with Gasteiger partial charge in [0.15, 0.2) is 0 Å². The summed E-state index contributed by atoms with van der Waals surface area (Å²) < 4.78 is 0. The van der Waals surface area contributed by atoms with Crippen LogP contribution in [0.25, 0.3) is 0 Å². The molecule has 0 heterocycles. The lowest BCUT2D eigenvalue weighted by Gasteiger charge is -2.43. The number of aliphatic carboxylic acids is 1. The fourth-order valence-electron chi connectivity index (χ4n) is 3.62. The minimum atomic E-state index is -0.664. The molecule has 0 bridgehead atoms. The second kappa shape index (κ2) is 4.60. The summed E-state index contributed by atoms with van der Waals surface area (Å²) in [6.07, 6.45) is 5.52. The molecular formula is C14H24O3. The van der Waals surface area contributed by atoms with E-state index in [2.05, 4.69) is 13.8 Å². The van der Waals surface area contributed by atoms with Crippen LogP contribution in [0.2, 0.25) is 0 Å². The zero-order valence-corrected chi connectivity index (χ0v) is 10.9. The van der Waals surface area contributed by atoms with Crippen molar-refractivity contribution in [2.24, 2.45) is 23.7 Å². The highest BCUT2D eigenvalue weighted by molar-refractivity contribution is 5.70. The van der Waals surface area contributed by atoms with Crippen LogP contribution >= 0.6 is 0 Å².